The zero-order valence-electron chi connectivity index (χ0n) is 17.3. The van der Waals surface area contributed by atoms with Crippen LogP contribution in [-0.2, 0) is 9.59 Å². The van der Waals surface area contributed by atoms with Gasteiger partial charge in [0, 0.05) is 24.3 Å². The highest BCUT2D eigenvalue weighted by atomic mass is 35.5. The van der Waals surface area contributed by atoms with E-state index in [-0.39, 0.29) is 16.6 Å². The van der Waals surface area contributed by atoms with Gasteiger partial charge in [-0.1, -0.05) is 23.7 Å². The Bertz CT molecular complexity index is 1110. The second kappa shape index (κ2) is 8.43. The van der Waals surface area contributed by atoms with Crippen molar-refractivity contribution in [3.05, 3.63) is 64.3 Å². The van der Waals surface area contributed by atoms with Crippen LogP contribution in [0.15, 0.2) is 53.2 Å². The van der Waals surface area contributed by atoms with Crippen molar-refractivity contribution in [1.82, 2.24) is 4.90 Å². The van der Waals surface area contributed by atoms with E-state index in [0.29, 0.717) is 22.7 Å². The van der Waals surface area contributed by atoms with Crippen LogP contribution < -0.4 is 15.0 Å². The zero-order valence-corrected chi connectivity index (χ0v) is 18.0. The van der Waals surface area contributed by atoms with Crippen LogP contribution in [0.4, 0.5) is 11.4 Å². The molecule has 0 atom stereocenters. The summed E-state index contributed by atoms with van der Waals surface area (Å²) in [5.74, 6) is -0.894. The normalized spacial score (nSPS) is 16.4. The minimum Gasteiger partial charge on any atom is -0.495 e. The number of rotatable bonds is 5. The second-order valence-corrected chi connectivity index (χ2v) is 7.89. The lowest BCUT2D eigenvalue weighted by molar-refractivity contribution is -0.120. The fraction of sp³-hybridized carbons (Fsp3) is 0.261. The number of imide groups is 1. The third-order valence-electron chi connectivity index (χ3n) is 5.37. The molecule has 1 saturated heterocycles. The Kier molecular flexibility index (Phi) is 5.69. The standard InChI is InChI=1S/C23H22ClN3O4/c1-14-8-9-18(31-2)17(12-14)27-22(29)19(24)20(23(27)30)25-16-7-5-6-15(13-16)21(28)26-10-3-4-11-26/h5-9,12-13,25H,3-4,10-11H2,1-2H3. The van der Waals surface area contributed by atoms with Crippen molar-refractivity contribution >= 4 is 40.7 Å². The maximum atomic E-state index is 13.1. The minimum absolute atomic E-state index is 0.0407. The van der Waals surface area contributed by atoms with Crippen LogP contribution in [-0.4, -0.2) is 42.8 Å². The van der Waals surface area contributed by atoms with Crippen LogP contribution in [0.1, 0.15) is 28.8 Å². The highest BCUT2D eigenvalue weighted by Gasteiger charge is 2.40. The summed E-state index contributed by atoms with van der Waals surface area (Å²) >= 11 is 6.25. The number of anilines is 2. The summed E-state index contributed by atoms with van der Waals surface area (Å²) < 4.78 is 5.32. The number of aryl methyl sites for hydroxylation is 1. The lowest BCUT2D eigenvalue weighted by Gasteiger charge is -2.19. The molecule has 2 heterocycles. The van der Waals surface area contributed by atoms with Crippen LogP contribution in [0, 0.1) is 6.92 Å². The van der Waals surface area contributed by atoms with Crippen molar-refractivity contribution < 1.29 is 19.1 Å². The number of nitrogens with one attached hydrogen (secondary N) is 1. The van der Waals surface area contributed by atoms with Gasteiger partial charge in [-0.3, -0.25) is 14.4 Å². The quantitative estimate of drug-likeness (QED) is 0.719. The van der Waals surface area contributed by atoms with Crippen LogP contribution in [0.2, 0.25) is 0 Å². The number of carbonyl (C=O) groups excluding carboxylic acids is 3. The number of carbonyl (C=O) groups is 3. The fourth-order valence-corrected chi connectivity index (χ4v) is 3.99. The predicted molar refractivity (Wildman–Crippen MR) is 118 cm³/mol. The SMILES string of the molecule is COc1ccc(C)cc1N1C(=O)C(Cl)=C(Nc2cccc(C(=O)N3CCCC3)c2)C1=O. The topological polar surface area (TPSA) is 79.0 Å². The number of benzene rings is 2. The third-order valence-corrected chi connectivity index (χ3v) is 5.73. The second-order valence-electron chi connectivity index (χ2n) is 7.52. The molecule has 160 valence electrons. The molecular weight excluding hydrogens is 418 g/mol. The van der Waals surface area contributed by atoms with Gasteiger partial charge in [0.15, 0.2) is 0 Å². The van der Waals surface area contributed by atoms with Crippen molar-refractivity contribution in [2.45, 2.75) is 19.8 Å². The lowest BCUT2D eigenvalue weighted by atomic mass is 10.1. The molecule has 0 bridgehead atoms. The number of methoxy groups -OCH3 is 1. The molecule has 7 nitrogen and oxygen atoms in total. The van der Waals surface area contributed by atoms with Crippen molar-refractivity contribution in [2.75, 3.05) is 30.4 Å². The summed E-state index contributed by atoms with van der Waals surface area (Å²) in [6.45, 7) is 3.34. The molecule has 31 heavy (non-hydrogen) atoms. The van der Waals surface area contributed by atoms with Gasteiger partial charge in [-0.15, -0.1) is 0 Å². The molecule has 1 fully saturated rings. The summed E-state index contributed by atoms with van der Waals surface area (Å²) in [6.07, 6.45) is 2.00. The van der Waals surface area contributed by atoms with Crippen LogP contribution in [0.5, 0.6) is 5.75 Å². The van der Waals surface area contributed by atoms with Crippen molar-refractivity contribution in [1.29, 1.82) is 0 Å². The van der Waals surface area contributed by atoms with Gasteiger partial charge in [0.2, 0.25) is 0 Å². The molecule has 2 aromatic carbocycles. The smallest absolute Gasteiger partial charge is 0.283 e. The van der Waals surface area contributed by atoms with Crippen LogP contribution in [0.3, 0.4) is 0 Å². The molecule has 0 saturated carbocycles. The monoisotopic (exact) mass is 439 g/mol. The van der Waals surface area contributed by atoms with Gasteiger partial charge in [-0.2, -0.15) is 0 Å². The van der Waals surface area contributed by atoms with E-state index in [4.69, 9.17) is 16.3 Å². The van der Waals surface area contributed by atoms with E-state index in [0.717, 1.165) is 36.4 Å². The summed E-state index contributed by atoms with van der Waals surface area (Å²) in [4.78, 5) is 41.4. The fourth-order valence-electron chi connectivity index (χ4n) is 3.78. The summed E-state index contributed by atoms with van der Waals surface area (Å²) in [7, 11) is 1.47. The van der Waals surface area contributed by atoms with Gasteiger partial charge in [0.05, 0.1) is 12.8 Å². The summed E-state index contributed by atoms with van der Waals surface area (Å²) in [6, 6.07) is 12.0. The molecule has 0 aliphatic carbocycles. The molecule has 0 unspecified atom stereocenters. The van der Waals surface area contributed by atoms with Gasteiger partial charge in [-0.05, 0) is 55.7 Å². The average Bonchev–Trinajstić information content (AvgIpc) is 3.37. The highest BCUT2D eigenvalue weighted by Crippen LogP contribution is 2.36. The van der Waals surface area contributed by atoms with Gasteiger partial charge in [0.1, 0.15) is 16.5 Å². The zero-order chi connectivity index (χ0) is 22.1. The van der Waals surface area contributed by atoms with Gasteiger partial charge in [-0.25, -0.2) is 4.90 Å². The van der Waals surface area contributed by atoms with Crippen LogP contribution in [0.25, 0.3) is 0 Å². The number of hydrogen-bond acceptors (Lipinski definition) is 5. The van der Waals surface area contributed by atoms with Gasteiger partial charge in [0.25, 0.3) is 17.7 Å². The maximum absolute atomic E-state index is 13.1. The Labute approximate surface area is 185 Å². The first-order valence-corrected chi connectivity index (χ1v) is 10.4. The molecule has 0 aromatic heterocycles. The Morgan fingerprint density at radius 1 is 1.06 bits per heavy atom. The number of nitrogens with zero attached hydrogens (tertiary/aromatic N) is 2. The van der Waals surface area contributed by atoms with Crippen molar-refractivity contribution in [2.24, 2.45) is 0 Å². The number of amides is 3. The number of halogens is 1. The third kappa shape index (κ3) is 3.88. The van der Waals surface area contributed by atoms with Gasteiger partial charge < -0.3 is 15.0 Å². The molecule has 8 heteroatoms. The minimum atomic E-state index is -0.637. The molecule has 2 aliphatic heterocycles. The highest BCUT2D eigenvalue weighted by molar-refractivity contribution is 6.53. The average molecular weight is 440 g/mol. The predicted octanol–water partition coefficient (Wildman–Crippen LogP) is 3.68. The first-order valence-electron chi connectivity index (χ1n) is 10.0. The number of hydrogen-bond donors (Lipinski definition) is 1. The Hall–Kier alpha value is -3.32. The van der Waals surface area contributed by atoms with Crippen molar-refractivity contribution in [3.63, 3.8) is 0 Å². The van der Waals surface area contributed by atoms with E-state index in [1.165, 1.54) is 7.11 Å². The largest absolute Gasteiger partial charge is 0.495 e. The van der Waals surface area contributed by atoms with E-state index in [9.17, 15) is 14.4 Å². The lowest BCUT2D eigenvalue weighted by Crippen LogP contribution is -2.32. The molecule has 0 spiro atoms. The summed E-state index contributed by atoms with van der Waals surface area (Å²) in [5.41, 5.74) is 2.16. The van der Waals surface area contributed by atoms with E-state index in [1.54, 1.807) is 41.3 Å². The Morgan fingerprint density at radius 2 is 1.81 bits per heavy atom. The molecule has 2 aliphatic rings. The molecule has 2 aromatic rings. The Morgan fingerprint density at radius 3 is 2.52 bits per heavy atom. The molecular formula is C23H22ClN3O4. The molecule has 4 rings (SSSR count). The number of likely N-dealkylation sites (tertiary alicyclic amines) is 1. The maximum Gasteiger partial charge on any atom is 0.283 e. The van der Waals surface area contributed by atoms with Crippen molar-refractivity contribution in [3.8, 4) is 5.75 Å². The first kappa shape index (κ1) is 20.9. The molecule has 0 radical (unpaired) electrons. The number of ether oxygens (including phenoxy) is 1. The van der Waals surface area contributed by atoms with E-state index >= 15 is 0 Å². The van der Waals surface area contributed by atoms with E-state index in [2.05, 4.69) is 5.32 Å². The van der Waals surface area contributed by atoms with Crippen LogP contribution >= 0.6 is 11.6 Å². The molecule has 1 N–H and O–H groups in total. The van der Waals surface area contributed by atoms with Gasteiger partial charge >= 0.3 is 0 Å². The van der Waals surface area contributed by atoms with E-state index in [1.807, 2.05) is 13.0 Å². The summed E-state index contributed by atoms with van der Waals surface area (Å²) in [5, 5.41) is 2.71. The molecule has 3 amide bonds. The Balaban J connectivity index is 1.60. The first-order chi connectivity index (χ1) is 14.9. The van der Waals surface area contributed by atoms with E-state index < -0.39 is 11.8 Å².